The predicted molar refractivity (Wildman–Crippen MR) is 90.9 cm³/mol. The molecule has 4 nitrogen and oxygen atoms in total. The van der Waals surface area contributed by atoms with Crippen molar-refractivity contribution < 1.29 is 0 Å². The van der Waals surface area contributed by atoms with Crippen LogP contribution in [0.4, 0.5) is 5.69 Å². The van der Waals surface area contributed by atoms with Crippen LogP contribution < -0.4 is 10.2 Å². The second-order valence-corrected chi connectivity index (χ2v) is 7.16. The summed E-state index contributed by atoms with van der Waals surface area (Å²) in [6.45, 7) is 7.38. The Bertz CT molecular complexity index is 643. The normalized spacial score (nSPS) is 19.1. The zero-order valence-electron chi connectivity index (χ0n) is 12.1. The summed E-state index contributed by atoms with van der Waals surface area (Å²) in [7, 11) is 0. The Morgan fingerprint density at radius 2 is 2.10 bits per heavy atom. The summed E-state index contributed by atoms with van der Waals surface area (Å²) in [6, 6.07) is 2.30. The van der Waals surface area contributed by atoms with Crippen molar-refractivity contribution in [3.05, 3.63) is 16.1 Å². The third kappa shape index (κ3) is 3.11. The lowest BCUT2D eigenvalue weighted by atomic mass is 10.1. The van der Waals surface area contributed by atoms with E-state index in [2.05, 4.69) is 32.8 Å². The van der Waals surface area contributed by atoms with Crippen molar-refractivity contribution in [1.29, 1.82) is 0 Å². The maximum absolute atomic E-state index is 6.42. The van der Waals surface area contributed by atoms with Gasteiger partial charge in [0.15, 0.2) is 0 Å². The fourth-order valence-corrected chi connectivity index (χ4v) is 3.99. The first-order valence-corrected chi connectivity index (χ1v) is 8.63. The van der Waals surface area contributed by atoms with Crippen molar-refractivity contribution in [1.82, 2.24) is 14.1 Å². The highest BCUT2D eigenvalue weighted by molar-refractivity contribution is 7.00. The van der Waals surface area contributed by atoms with Gasteiger partial charge in [-0.1, -0.05) is 37.0 Å². The minimum absolute atomic E-state index is 0.521. The molecule has 0 spiro atoms. The third-order valence-electron chi connectivity index (χ3n) is 3.84. The number of halogens is 2. The summed E-state index contributed by atoms with van der Waals surface area (Å²) in [4.78, 5) is 2.31. The van der Waals surface area contributed by atoms with Gasteiger partial charge < -0.3 is 10.2 Å². The number of nitrogens with zero attached hydrogens (tertiary/aromatic N) is 3. The van der Waals surface area contributed by atoms with Gasteiger partial charge in [0.1, 0.15) is 11.0 Å². The SMILES string of the molecule is CC(C)NCC1CCN(c2c(Cl)cc(Cl)c3nsnc23)C1. The Hall–Kier alpha value is -0.620. The lowest BCUT2D eigenvalue weighted by Gasteiger charge is -2.21. The number of hydrogen-bond donors (Lipinski definition) is 1. The van der Waals surface area contributed by atoms with E-state index in [-0.39, 0.29) is 0 Å². The predicted octanol–water partition coefficient (Wildman–Crippen LogP) is 3.82. The van der Waals surface area contributed by atoms with Gasteiger partial charge in [-0.3, -0.25) is 0 Å². The van der Waals surface area contributed by atoms with Crippen molar-refractivity contribution in [2.24, 2.45) is 5.92 Å². The van der Waals surface area contributed by atoms with E-state index < -0.39 is 0 Å². The Labute approximate surface area is 138 Å². The smallest absolute Gasteiger partial charge is 0.131 e. The minimum Gasteiger partial charge on any atom is -0.368 e. The van der Waals surface area contributed by atoms with E-state index in [1.54, 1.807) is 6.07 Å². The Morgan fingerprint density at radius 3 is 2.86 bits per heavy atom. The molecule has 7 heteroatoms. The summed E-state index contributed by atoms with van der Waals surface area (Å²) >= 11 is 13.8. The first kappa shape index (κ1) is 15.3. The zero-order chi connectivity index (χ0) is 15.0. The van der Waals surface area contributed by atoms with Gasteiger partial charge in [-0.15, -0.1) is 0 Å². The Morgan fingerprint density at radius 1 is 1.33 bits per heavy atom. The molecule has 0 saturated carbocycles. The maximum atomic E-state index is 6.42. The first-order chi connectivity index (χ1) is 10.1. The van der Waals surface area contributed by atoms with E-state index in [1.807, 2.05) is 0 Å². The molecule has 1 aromatic carbocycles. The Balaban J connectivity index is 1.83. The topological polar surface area (TPSA) is 41.0 Å². The summed E-state index contributed by atoms with van der Waals surface area (Å²) in [5.41, 5.74) is 2.57. The van der Waals surface area contributed by atoms with Crippen molar-refractivity contribution in [2.75, 3.05) is 24.5 Å². The lowest BCUT2D eigenvalue weighted by Crippen LogP contribution is -2.30. The quantitative estimate of drug-likeness (QED) is 0.915. The number of fused-ring (bicyclic) bond motifs is 1. The van der Waals surface area contributed by atoms with E-state index in [0.717, 1.165) is 42.8 Å². The van der Waals surface area contributed by atoms with Gasteiger partial charge >= 0.3 is 0 Å². The van der Waals surface area contributed by atoms with Crippen molar-refractivity contribution in [3.63, 3.8) is 0 Å². The highest BCUT2D eigenvalue weighted by atomic mass is 35.5. The molecule has 0 radical (unpaired) electrons. The van der Waals surface area contributed by atoms with Crippen LogP contribution in [-0.4, -0.2) is 34.4 Å². The molecule has 1 aliphatic heterocycles. The van der Waals surface area contributed by atoms with Crippen molar-refractivity contribution in [2.45, 2.75) is 26.3 Å². The molecule has 1 fully saturated rings. The van der Waals surface area contributed by atoms with Crippen LogP contribution in [0, 0.1) is 5.92 Å². The number of nitrogens with one attached hydrogen (secondary N) is 1. The molecular formula is C14H18Cl2N4S. The van der Waals surface area contributed by atoms with Crippen LogP contribution >= 0.6 is 34.9 Å². The van der Waals surface area contributed by atoms with Crippen LogP contribution in [0.5, 0.6) is 0 Å². The average Bonchev–Trinajstić information content (AvgIpc) is 3.05. The summed E-state index contributed by atoms with van der Waals surface area (Å²) in [5, 5.41) is 4.75. The second kappa shape index (κ2) is 6.24. The first-order valence-electron chi connectivity index (χ1n) is 7.15. The number of anilines is 1. The molecule has 1 atom stereocenters. The van der Waals surface area contributed by atoms with Gasteiger partial charge in [0.2, 0.25) is 0 Å². The molecule has 3 rings (SSSR count). The summed E-state index contributed by atoms with van der Waals surface area (Å²) in [5.74, 6) is 0.640. The lowest BCUT2D eigenvalue weighted by molar-refractivity contribution is 0.480. The average molecular weight is 345 g/mol. The van der Waals surface area contributed by atoms with Crippen molar-refractivity contribution in [3.8, 4) is 0 Å². The molecule has 0 amide bonds. The molecule has 1 aromatic heterocycles. The standard InChI is InChI=1S/C14H18Cl2N4S/c1-8(2)17-6-9-3-4-20(7-9)14-11(16)5-10(15)12-13(14)19-21-18-12/h5,8-9,17H,3-4,6-7H2,1-2H3. The third-order valence-corrected chi connectivity index (χ3v) is 4.94. The van der Waals surface area contributed by atoms with E-state index >= 15 is 0 Å². The number of benzene rings is 1. The second-order valence-electron chi connectivity index (χ2n) is 5.81. The van der Waals surface area contributed by atoms with E-state index in [1.165, 1.54) is 11.7 Å². The molecule has 21 heavy (non-hydrogen) atoms. The van der Waals surface area contributed by atoms with Crippen LogP contribution in [0.15, 0.2) is 6.07 Å². The van der Waals surface area contributed by atoms with Gasteiger partial charge in [0, 0.05) is 19.1 Å². The zero-order valence-corrected chi connectivity index (χ0v) is 14.4. The monoisotopic (exact) mass is 344 g/mol. The van der Waals surface area contributed by atoms with Crippen LogP contribution in [0.2, 0.25) is 10.0 Å². The molecule has 114 valence electrons. The molecule has 1 N–H and O–H groups in total. The molecule has 1 unspecified atom stereocenters. The highest BCUT2D eigenvalue weighted by Gasteiger charge is 2.27. The largest absolute Gasteiger partial charge is 0.368 e. The van der Waals surface area contributed by atoms with Gasteiger partial charge in [0.05, 0.1) is 27.5 Å². The number of rotatable bonds is 4. The van der Waals surface area contributed by atoms with E-state index in [9.17, 15) is 0 Å². The number of hydrogen-bond acceptors (Lipinski definition) is 5. The molecule has 1 aliphatic rings. The minimum atomic E-state index is 0.521. The molecule has 2 aromatic rings. The maximum Gasteiger partial charge on any atom is 0.131 e. The summed E-state index contributed by atoms with van der Waals surface area (Å²) in [6.07, 6.45) is 1.16. The fraction of sp³-hybridized carbons (Fsp3) is 0.571. The molecule has 1 saturated heterocycles. The van der Waals surface area contributed by atoms with Crippen molar-refractivity contribution >= 4 is 51.7 Å². The van der Waals surface area contributed by atoms with Gasteiger partial charge in [0.25, 0.3) is 0 Å². The highest BCUT2D eigenvalue weighted by Crippen LogP contribution is 2.39. The van der Waals surface area contributed by atoms with Gasteiger partial charge in [-0.25, -0.2) is 0 Å². The molecule has 0 aliphatic carbocycles. The van der Waals surface area contributed by atoms with Gasteiger partial charge in [-0.2, -0.15) is 8.75 Å². The van der Waals surface area contributed by atoms with E-state index in [4.69, 9.17) is 23.2 Å². The molecule has 2 heterocycles. The fourth-order valence-electron chi connectivity index (χ4n) is 2.77. The number of aromatic nitrogens is 2. The van der Waals surface area contributed by atoms with Gasteiger partial charge in [-0.05, 0) is 24.9 Å². The van der Waals surface area contributed by atoms with Crippen LogP contribution in [0.3, 0.4) is 0 Å². The molecule has 0 bridgehead atoms. The summed E-state index contributed by atoms with van der Waals surface area (Å²) < 4.78 is 8.66. The van der Waals surface area contributed by atoms with Crippen LogP contribution in [0.25, 0.3) is 11.0 Å². The van der Waals surface area contributed by atoms with Crippen LogP contribution in [0.1, 0.15) is 20.3 Å². The molecular weight excluding hydrogens is 327 g/mol. The Kier molecular flexibility index (Phi) is 4.54. The van der Waals surface area contributed by atoms with E-state index in [0.29, 0.717) is 22.0 Å². The van der Waals surface area contributed by atoms with Crippen LogP contribution in [-0.2, 0) is 0 Å².